The van der Waals surface area contributed by atoms with E-state index in [2.05, 4.69) is 58.6 Å². The number of amides is 2. The van der Waals surface area contributed by atoms with Crippen molar-refractivity contribution in [3.63, 3.8) is 0 Å². The van der Waals surface area contributed by atoms with Crippen LogP contribution in [0.1, 0.15) is 77.0 Å². The lowest BCUT2D eigenvalue weighted by atomic mass is 9.78. The molecule has 1 atom stereocenters. The maximum absolute atomic E-state index is 12.6. The van der Waals surface area contributed by atoms with Crippen molar-refractivity contribution in [1.82, 2.24) is 4.90 Å². The van der Waals surface area contributed by atoms with Crippen LogP contribution in [0.2, 0.25) is 0 Å². The Kier molecular flexibility index (Phi) is 5.68. The van der Waals surface area contributed by atoms with Crippen LogP contribution < -0.4 is 4.90 Å². The number of carbonyl (C=O) groups is 2. The zero-order valence-corrected chi connectivity index (χ0v) is 18.9. The van der Waals surface area contributed by atoms with Gasteiger partial charge in [-0.15, -0.1) is 0 Å². The molecule has 0 N–H and O–H groups in total. The molecule has 4 nitrogen and oxygen atoms in total. The topological polar surface area (TPSA) is 40.6 Å². The number of anilines is 1. The van der Waals surface area contributed by atoms with Gasteiger partial charge in [0.25, 0.3) is 11.1 Å². The summed E-state index contributed by atoms with van der Waals surface area (Å²) in [4.78, 5) is 29.2. The fourth-order valence-electron chi connectivity index (χ4n) is 4.80. The summed E-state index contributed by atoms with van der Waals surface area (Å²) in [6.45, 7) is 16.0. The SMILES string of the molecule is CCCN1C(=O)S/C(=C\c2cc3c(cc2C)N(C(C)C)C(C)(C)C[C@@H]3C)C1=O. The quantitative estimate of drug-likeness (QED) is 0.586. The first kappa shape index (κ1) is 21.0. The molecule has 0 bridgehead atoms. The van der Waals surface area contributed by atoms with E-state index in [1.807, 2.05) is 13.0 Å². The summed E-state index contributed by atoms with van der Waals surface area (Å²) in [5, 5.41) is -0.158. The summed E-state index contributed by atoms with van der Waals surface area (Å²) in [5.41, 5.74) is 4.91. The number of hydrogen-bond acceptors (Lipinski definition) is 4. The maximum Gasteiger partial charge on any atom is 0.293 e. The summed E-state index contributed by atoms with van der Waals surface area (Å²) in [6, 6.07) is 4.90. The molecule has 0 saturated carbocycles. The van der Waals surface area contributed by atoms with E-state index in [0.29, 0.717) is 23.4 Å². The Morgan fingerprint density at radius 3 is 2.57 bits per heavy atom. The van der Waals surface area contributed by atoms with Gasteiger partial charge in [-0.25, -0.2) is 0 Å². The van der Waals surface area contributed by atoms with Crippen LogP contribution in [0.15, 0.2) is 17.0 Å². The number of imide groups is 1. The normalized spacial score (nSPS) is 23.1. The van der Waals surface area contributed by atoms with Crippen molar-refractivity contribution in [1.29, 1.82) is 0 Å². The second-order valence-electron chi connectivity index (χ2n) is 8.98. The average Bonchev–Trinajstić information content (AvgIpc) is 2.83. The zero-order chi connectivity index (χ0) is 20.8. The van der Waals surface area contributed by atoms with E-state index in [1.165, 1.54) is 16.2 Å². The molecule has 152 valence electrons. The van der Waals surface area contributed by atoms with Gasteiger partial charge in [-0.05, 0) is 100 Å². The number of benzene rings is 1. The minimum absolute atomic E-state index is 0.108. The first-order valence-corrected chi connectivity index (χ1v) is 11.1. The van der Waals surface area contributed by atoms with Crippen LogP contribution >= 0.6 is 11.8 Å². The van der Waals surface area contributed by atoms with Crippen LogP contribution in [0, 0.1) is 6.92 Å². The Bertz CT molecular complexity index is 841. The van der Waals surface area contributed by atoms with Crippen LogP contribution in [0.4, 0.5) is 10.5 Å². The predicted molar refractivity (Wildman–Crippen MR) is 119 cm³/mol. The van der Waals surface area contributed by atoms with Gasteiger partial charge in [-0.1, -0.05) is 13.8 Å². The van der Waals surface area contributed by atoms with E-state index >= 15 is 0 Å². The van der Waals surface area contributed by atoms with Gasteiger partial charge >= 0.3 is 0 Å². The molecule has 0 aliphatic carbocycles. The van der Waals surface area contributed by atoms with Crippen molar-refractivity contribution in [2.24, 2.45) is 0 Å². The number of thioether (sulfide) groups is 1. The van der Waals surface area contributed by atoms with Gasteiger partial charge in [0.2, 0.25) is 0 Å². The van der Waals surface area contributed by atoms with Crippen molar-refractivity contribution >= 4 is 34.7 Å². The Labute approximate surface area is 173 Å². The smallest absolute Gasteiger partial charge is 0.293 e. The van der Waals surface area contributed by atoms with Crippen LogP contribution in [-0.4, -0.2) is 34.2 Å². The maximum atomic E-state index is 12.6. The molecule has 0 aromatic heterocycles. The Morgan fingerprint density at radius 1 is 1.29 bits per heavy atom. The number of aryl methyl sites for hydroxylation is 1. The van der Waals surface area contributed by atoms with E-state index in [1.54, 1.807) is 0 Å². The van der Waals surface area contributed by atoms with E-state index in [4.69, 9.17) is 0 Å². The fraction of sp³-hybridized carbons (Fsp3) is 0.565. The zero-order valence-electron chi connectivity index (χ0n) is 18.1. The molecule has 28 heavy (non-hydrogen) atoms. The summed E-state index contributed by atoms with van der Waals surface area (Å²) >= 11 is 1.06. The van der Waals surface area contributed by atoms with Crippen molar-refractivity contribution in [3.05, 3.63) is 33.7 Å². The molecule has 2 heterocycles. The van der Waals surface area contributed by atoms with Crippen LogP contribution in [0.5, 0.6) is 0 Å². The molecule has 0 radical (unpaired) electrons. The highest BCUT2D eigenvalue weighted by molar-refractivity contribution is 8.18. The van der Waals surface area contributed by atoms with Gasteiger partial charge in [0, 0.05) is 23.8 Å². The highest BCUT2D eigenvalue weighted by Gasteiger charge is 2.38. The number of rotatable bonds is 4. The van der Waals surface area contributed by atoms with Crippen LogP contribution in [0.25, 0.3) is 6.08 Å². The van der Waals surface area contributed by atoms with Crippen molar-refractivity contribution in [3.8, 4) is 0 Å². The van der Waals surface area contributed by atoms with Gasteiger partial charge in [0.1, 0.15) is 0 Å². The Balaban J connectivity index is 2.04. The third-order valence-corrected chi connectivity index (χ3v) is 6.69. The van der Waals surface area contributed by atoms with Crippen molar-refractivity contribution < 1.29 is 9.59 Å². The van der Waals surface area contributed by atoms with E-state index in [-0.39, 0.29) is 16.7 Å². The molecular formula is C23H32N2O2S. The largest absolute Gasteiger partial charge is 0.364 e. The van der Waals surface area contributed by atoms with E-state index < -0.39 is 0 Å². The molecule has 2 aliphatic heterocycles. The van der Waals surface area contributed by atoms with Gasteiger partial charge in [-0.3, -0.25) is 14.5 Å². The van der Waals surface area contributed by atoms with Gasteiger partial charge in [0.05, 0.1) is 4.91 Å². The monoisotopic (exact) mass is 400 g/mol. The molecule has 1 fully saturated rings. The first-order valence-electron chi connectivity index (χ1n) is 10.3. The van der Waals surface area contributed by atoms with Crippen molar-refractivity contribution in [2.45, 2.75) is 78.8 Å². The molecule has 2 aliphatic rings. The van der Waals surface area contributed by atoms with Gasteiger partial charge in [0.15, 0.2) is 0 Å². The summed E-state index contributed by atoms with van der Waals surface area (Å²) < 4.78 is 0. The molecule has 0 unspecified atom stereocenters. The lowest BCUT2D eigenvalue weighted by Crippen LogP contribution is -2.51. The van der Waals surface area contributed by atoms with Crippen molar-refractivity contribution in [2.75, 3.05) is 11.4 Å². The fourth-order valence-corrected chi connectivity index (χ4v) is 5.66. The number of fused-ring (bicyclic) bond motifs is 1. The third-order valence-electron chi connectivity index (χ3n) is 5.79. The molecule has 3 rings (SSSR count). The van der Waals surface area contributed by atoms with Crippen LogP contribution in [-0.2, 0) is 4.79 Å². The number of hydrogen-bond donors (Lipinski definition) is 0. The minimum Gasteiger partial charge on any atom is -0.364 e. The molecule has 5 heteroatoms. The highest BCUT2D eigenvalue weighted by Crippen LogP contribution is 2.46. The standard InChI is InChI=1S/C23H32N2O2S/c1-8-9-24-21(26)20(28-22(24)27)12-17-11-18-16(5)13-23(6,7)25(14(2)3)19(18)10-15(17)4/h10-12,14,16H,8-9,13H2,1-7H3/b20-12-/t16-/m0/s1. The first-order chi connectivity index (χ1) is 13.1. The lowest BCUT2D eigenvalue weighted by Gasteiger charge is -2.50. The molecule has 1 aromatic rings. The van der Waals surface area contributed by atoms with E-state index in [9.17, 15) is 9.59 Å². The molecule has 2 amide bonds. The number of nitrogens with zero attached hydrogens (tertiary/aromatic N) is 2. The molecule has 1 aromatic carbocycles. The predicted octanol–water partition coefficient (Wildman–Crippen LogP) is 5.94. The Hall–Kier alpha value is -1.75. The van der Waals surface area contributed by atoms with Crippen LogP contribution in [0.3, 0.4) is 0 Å². The van der Waals surface area contributed by atoms with Gasteiger partial charge < -0.3 is 4.90 Å². The summed E-state index contributed by atoms with van der Waals surface area (Å²) in [6.07, 6.45) is 3.78. The average molecular weight is 401 g/mol. The number of carbonyl (C=O) groups excluding carboxylic acids is 2. The third kappa shape index (κ3) is 3.61. The minimum atomic E-state index is -0.160. The van der Waals surface area contributed by atoms with E-state index in [0.717, 1.165) is 35.7 Å². The molecule has 1 saturated heterocycles. The second kappa shape index (κ2) is 7.58. The molecular weight excluding hydrogens is 368 g/mol. The van der Waals surface area contributed by atoms with Gasteiger partial charge in [-0.2, -0.15) is 0 Å². The summed E-state index contributed by atoms with van der Waals surface area (Å²) in [5.74, 6) is 0.287. The molecule has 0 spiro atoms. The lowest BCUT2D eigenvalue weighted by molar-refractivity contribution is -0.122. The highest BCUT2D eigenvalue weighted by atomic mass is 32.2. The summed E-state index contributed by atoms with van der Waals surface area (Å²) in [7, 11) is 0. The second-order valence-corrected chi connectivity index (χ2v) is 9.98. The Morgan fingerprint density at radius 2 is 1.96 bits per heavy atom.